The van der Waals surface area contributed by atoms with Crippen molar-refractivity contribution in [1.82, 2.24) is 19.5 Å². The summed E-state index contributed by atoms with van der Waals surface area (Å²) in [5, 5.41) is 3.96. The van der Waals surface area contributed by atoms with Crippen molar-refractivity contribution in [3.63, 3.8) is 0 Å². The van der Waals surface area contributed by atoms with E-state index >= 15 is 0 Å². The topological polar surface area (TPSA) is 50.5 Å². The van der Waals surface area contributed by atoms with Crippen molar-refractivity contribution in [2.75, 3.05) is 13.1 Å². The van der Waals surface area contributed by atoms with Crippen LogP contribution in [0.25, 0.3) is 5.65 Å². The fourth-order valence-corrected chi connectivity index (χ4v) is 6.41. The number of aryl methyl sites for hydroxylation is 1. The van der Waals surface area contributed by atoms with Gasteiger partial charge in [0.15, 0.2) is 5.65 Å². The summed E-state index contributed by atoms with van der Waals surface area (Å²) in [6, 6.07) is 2.72. The summed E-state index contributed by atoms with van der Waals surface area (Å²) in [6.45, 7) is 2.83. The molecule has 3 heterocycles. The summed E-state index contributed by atoms with van der Waals surface area (Å²) in [4.78, 5) is 19.7. The highest BCUT2D eigenvalue weighted by Gasteiger charge is 2.64. The van der Waals surface area contributed by atoms with E-state index in [0.29, 0.717) is 54.6 Å². The molecule has 1 spiro atoms. The van der Waals surface area contributed by atoms with E-state index in [1.165, 1.54) is 12.8 Å². The van der Waals surface area contributed by atoms with E-state index < -0.39 is 11.9 Å². The highest BCUT2D eigenvalue weighted by atomic mass is 19.4. The number of fused-ring (bicyclic) bond motifs is 1. The van der Waals surface area contributed by atoms with Gasteiger partial charge >= 0.3 is 6.18 Å². The molecule has 31 heavy (non-hydrogen) atoms. The third kappa shape index (κ3) is 2.86. The molecular weight excluding hydrogens is 405 g/mol. The van der Waals surface area contributed by atoms with Gasteiger partial charge in [-0.05, 0) is 62.3 Å². The molecule has 2 saturated carbocycles. The molecule has 164 valence electrons. The molecular formula is C23H25F3N4O. The fraction of sp³-hybridized carbons (Fsp3) is 0.609. The Labute approximate surface area is 178 Å². The molecule has 0 aromatic carbocycles. The largest absolute Gasteiger partial charge is 0.433 e. The molecule has 3 fully saturated rings. The number of nitrogens with zero attached hydrogens (tertiary/aromatic N) is 4. The van der Waals surface area contributed by atoms with Crippen molar-refractivity contribution in [3.05, 3.63) is 41.4 Å². The molecule has 2 aromatic rings. The van der Waals surface area contributed by atoms with Gasteiger partial charge in [-0.3, -0.25) is 4.79 Å². The highest BCUT2D eigenvalue weighted by Crippen LogP contribution is 2.70. The van der Waals surface area contributed by atoms with Crippen molar-refractivity contribution in [2.24, 2.45) is 23.2 Å². The Morgan fingerprint density at radius 1 is 1.16 bits per heavy atom. The number of alkyl halides is 3. The quantitative estimate of drug-likeness (QED) is 0.665. The van der Waals surface area contributed by atoms with E-state index in [1.807, 2.05) is 4.90 Å². The van der Waals surface area contributed by atoms with Crippen LogP contribution in [-0.2, 0) is 11.0 Å². The number of halogens is 3. The summed E-state index contributed by atoms with van der Waals surface area (Å²) >= 11 is 0. The molecule has 3 atom stereocenters. The predicted octanol–water partition coefficient (Wildman–Crippen LogP) is 4.36. The second-order valence-corrected chi connectivity index (χ2v) is 9.81. The van der Waals surface area contributed by atoms with Crippen LogP contribution in [0.1, 0.15) is 55.1 Å². The van der Waals surface area contributed by atoms with Crippen molar-refractivity contribution in [1.29, 1.82) is 0 Å². The van der Waals surface area contributed by atoms with Crippen molar-refractivity contribution in [3.8, 4) is 0 Å². The monoisotopic (exact) mass is 430 g/mol. The van der Waals surface area contributed by atoms with E-state index in [-0.39, 0.29) is 23.4 Å². The zero-order valence-corrected chi connectivity index (χ0v) is 17.4. The minimum Gasteiger partial charge on any atom is -0.342 e. The first kappa shape index (κ1) is 19.3. The summed E-state index contributed by atoms with van der Waals surface area (Å²) in [6.07, 6.45) is 4.80. The standard InChI is InChI=1S/C23H25F3N4O/c1-13-10-20-27-18(12-19(23(24,25)26)30(20)28-13)14-4-8-29(9-5-14)21(31)16-11-15-2-3-17(16)22(15)6-7-22/h2-3,10,12,14-17H,4-9,11H2,1H3/t15-,16+,17-/m1/s1. The van der Waals surface area contributed by atoms with Crippen molar-refractivity contribution < 1.29 is 18.0 Å². The number of amides is 1. The van der Waals surface area contributed by atoms with Gasteiger partial charge in [-0.1, -0.05) is 12.2 Å². The second kappa shape index (κ2) is 6.33. The number of carbonyl (C=O) groups is 1. The maximum atomic E-state index is 13.6. The van der Waals surface area contributed by atoms with E-state index in [2.05, 4.69) is 22.2 Å². The first-order valence-electron chi connectivity index (χ1n) is 11.2. The Bertz CT molecular complexity index is 1090. The average molecular weight is 430 g/mol. The number of likely N-dealkylation sites (tertiary alicyclic amines) is 1. The van der Waals surface area contributed by atoms with Crippen LogP contribution in [0.5, 0.6) is 0 Å². The first-order valence-corrected chi connectivity index (χ1v) is 11.2. The molecule has 2 aromatic heterocycles. The number of allylic oxidation sites excluding steroid dienone is 2. The summed E-state index contributed by atoms with van der Waals surface area (Å²) in [7, 11) is 0. The zero-order valence-electron chi connectivity index (χ0n) is 17.4. The van der Waals surface area contributed by atoms with Crippen LogP contribution < -0.4 is 0 Å². The predicted molar refractivity (Wildman–Crippen MR) is 107 cm³/mol. The third-order valence-electron chi connectivity index (χ3n) is 8.12. The fourth-order valence-electron chi connectivity index (χ4n) is 6.41. The smallest absolute Gasteiger partial charge is 0.342 e. The molecule has 6 rings (SSSR count). The summed E-state index contributed by atoms with van der Waals surface area (Å²) in [5.74, 6) is 1.22. The van der Waals surface area contributed by atoms with Gasteiger partial charge in [-0.2, -0.15) is 18.3 Å². The minimum atomic E-state index is -4.50. The van der Waals surface area contributed by atoms with Gasteiger partial charge in [-0.15, -0.1) is 0 Å². The maximum Gasteiger partial charge on any atom is 0.433 e. The molecule has 5 nitrogen and oxygen atoms in total. The lowest BCUT2D eigenvalue weighted by atomic mass is 9.86. The van der Waals surface area contributed by atoms with Crippen molar-refractivity contribution >= 4 is 11.6 Å². The van der Waals surface area contributed by atoms with Crippen LogP contribution in [0.15, 0.2) is 24.3 Å². The lowest BCUT2D eigenvalue weighted by Gasteiger charge is -2.35. The van der Waals surface area contributed by atoms with Crippen LogP contribution >= 0.6 is 0 Å². The molecule has 2 bridgehead atoms. The van der Waals surface area contributed by atoms with Crippen LogP contribution in [0, 0.1) is 30.1 Å². The normalized spacial score (nSPS) is 29.4. The summed E-state index contributed by atoms with van der Waals surface area (Å²) in [5.41, 5.74) is 0.775. The van der Waals surface area contributed by atoms with E-state index in [0.717, 1.165) is 17.0 Å². The van der Waals surface area contributed by atoms with Gasteiger partial charge in [0.2, 0.25) is 5.91 Å². The Morgan fingerprint density at radius 3 is 2.55 bits per heavy atom. The maximum absolute atomic E-state index is 13.6. The molecule has 1 saturated heterocycles. The Hall–Kier alpha value is -2.38. The van der Waals surface area contributed by atoms with Crippen LogP contribution in [-0.4, -0.2) is 38.5 Å². The van der Waals surface area contributed by atoms with Crippen LogP contribution in [0.3, 0.4) is 0 Å². The molecule has 1 amide bonds. The summed E-state index contributed by atoms with van der Waals surface area (Å²) < 4.78 is 41.7. The molecule has 0 unspecified atom stereocenters. The second-order valence-electron chi connectivity index (χ2n) is 9.81. The first-order chi connectivity index (χ1) is 14.8. The average Bonchev–Trinajstić information content (AvgIpc) is 3.24. The lowest BCUT2D eigenvalue weighted by Crippen LogP contribution is -2.42. The van der Waals surface area contributed by atoms with Gasteiger partial charge < -0.3 is 4.90 Å². The van der Waals surface area contributed by atoms with E-state index in [4.69, 9.17) is 0 Å². The Morgan fingerprint density at radius 2 is 1.90 bits per heavy atom. The highest BCUT2D eigenvalue weighted by molar-refractivity contribution is 5.80. The number of piperidine rings is 1. The molecule has 4 aliphatic rings. The van der Waals surface area contributed by atoms with Gasteiger partial charge in [0.25, 0.3) is 0 Å². The van der Waals surface area contributed by atoms with Gasteiger partial charge in [-0.25, -0.2) is 9.50 Å². The van der Waals surface area contributed by atoms with Crippen LogP contribution in [0.2, 0.25) is 0 Å². The third-order valence-corrected chi connectivity index (χ3v) is 8.12. The number of hydrogen-bond acceptors (Lipinski definition) is 3. The SMILES string of the molecule is Cc1cc2nc(C3CCN(C(=O)[C@H]4C[C@H]5C=C[C@H]4C54CC4)CC3)cc(C(F)(F)F)n2n1. The number of aromatic nitrogens is 3. The molecule has 8 heteroatoms. The Balaban J connectivity index is 1.19. The lowest BCUT2D eigenvalue weighted by molar-refractivity contribution is -0.142. The number of hydrogen-bond donors (Lipinski definition) is 0. The molecule has 0 radical (unpaired) electrons. The van der Waals surface area contributed by atoms with E-state index in [1.54, 1.807) is 13.0 Å². The minimum absolute atomic E-state index is 0.0833. The molecule has 0 N–H and O–H groups in total. The number of carbonyl (C=O) groups excluding carboxylic acids is 1. The van der Waals surface area contributed by atoms with Crippen molar-refractivity contribution in [2.45, 2.75) is 51.1 Å². The van der Waals surface area contributed by atoms with Gasteiger partial charge in [0.1, 0.15) is 5.69 Å². The molecule has 1 aliphatic heterocycles. The zero-order chi connectivity index (χ0) is 21.5. The Kier molecular flexibility index (Phi) is 3.94. The van der Waals surface area contributed by atoms with E-state index in [9.17, 15) is 18.0 Å². The van der Waals surface area contributed by atoms with Gasteiger partial charge in [0, 0.05) is 36.7 Å². The number of rotatable bonds is 2. The van der Waals surface area contributed by atoms with Gasteiger partial charge in [0.05, 0.1) is 5.69 Å². The van der Waals surface area contributed by atoms with Crippen LogP contribution in [0.4, 0.5) is 13.2 Å². The molecule has 3 aliphatic carbocycles.